The van der Waals surface area contributed by atoms with Crippen molar-refractivity contribution in [1.82, 2.24) is 10.4 Å². The molecule has 1 heterocycles. The van der Waals surface area contributed by atoms with Gasteiger partial charge in [0.1, 0.15) is 4.90 Å². The van der Waals surface area contributed by atoms with Gasteiger partial charge in [-0.15, -0.1) is 11.3 Å². The zero-order valence-electron chi connectivity index (χ0n) is 16.8. The van der Waals surface area contributed by atoms with Gasteiger partial charge in [-0.3, -0.25) is 4.79 Å². The summed E-state index contributed by atoms with van der Waals surface area (Å²) in [7, 11) is -4.01. The van der Waals surface area contributed by atoms with Gasteiger partial charge in [-0.2, -0.15) is 13.5 Å². The summed E-state index contributed by atoms with van der Waals surface area (Å²) in [6.45, 7) is 0. The molecule has 0 aliphatic heterocycles. The van der Waals surface area contributed by atoms with Gasteiger partial charge in [0, 0.05) is 10.0 Å². The van der Waals surface area contributed by atoms with E-state index in [0.717, 1.165) is 14.6 Å². The number of para-hydroxylation sites is 1. The number of carbonyl (C=O) groups is 1. The Labute approximate surface area is 207 Å². The summed E-state index contributed by atoms with van der Waals surface area (Å²) < 4.78 is 33.0. The molecular formula is C22H16BrN3O4S3. The lowest BCUT2D eigenvalue weighted by Gasteiger charge is -2.09. The van der Waals surface area contributed by atoms with E-state index < -0.39 is 10.1 Å². The maximum absolute atomic E-state index is 12.5. The first-order valence-electron chi connectivity index (χ1n) is 9.50. The fraction of sp³-hybridized carbons (Fsp3) is 0.0455. The number of rotatable bonds is 8. The summed E-state index contributed by atoms with van der Waals surface area (Å²) in [5, 5.41) is 3.95. The van der Waals surface area contributed by atoms with Crippen LogP contribution in [0.1, 0.15) is 5.56 Å². The molecule has 0 radical (unpaired) electrons. The minimum atomic E-state index is -4.01. The molecule has 0 bridgehead atoms. The van der Waals surface area contributed by atoms with Crippen molar-refractivity contribution in [2.75, 3.05) is 5.75 Å². The van der Waals surface area contributed by atoms with Crippen LogP contribution in [-0.2, 0) is 14.9 Å². The van der Waals surface area contributed by atoms with Crippen molar-refractivity contribution in [2.24, 2.45) is 5.10 Å². The highest BCUT2D eigenvalue weighted by Gasteiger charge is 2.18. The van der Waals surface area contributed by atoms with Crippen molar-refractivity contribution in [3.05, 3.63) is 82.8 Å². The van der Waals surface area contributed by atoms with Crippen molar-refractivity contribution in [3.63, 3.8) is 0 Å². The van der Waals surface area contributed by atoms with E-state index in [-0.39, 0.29) is 22.3 Å². The summed E-state index contributed by atoms with van der Waals surface area (Å²) >= 11 is 6.19. The number of nitrogens with one attached hydrogen (secondary N) is 1. The normalized spacial score (nSPS) is 11.7. The first-order chi connectivity index (χ1) is 15.9. The SMILES string of the molecule is O=C(CSc1nc2ccccc2s1)N/N=C\c1cc(Br)ccc1OS(=O)(=O)c1ccccc1. The smallest absolute Gasteiger partial charge is 0.339 e. The lowest BCUT2D eigenvalue weighted by Crippen LogP contribution is -2.19. The van der Waals surface area contributed by atoms with Crippen LogP contribution in [0.2, 0.25) is 0 Å². The van der Waals surface area contributed by atoms with Gasteiger partial charge in [0.2, 0.25) is 0 Å². The van der Waals surface area contributed by atoms with E-state index in [0.29, 0.717) is 10.0 Å². The third-order valence-corrected chi connectivity index (χ3v) is 8.12. The molecule has 1 N–H and O–H groups in total. The summed E-state index contributed by atoms with van der Waals surface area (Å²) in [4.78, 5) is 16.7. The predicted octanol–water partition coefficient (Wildman–Crippen LogP) is 5.07. The maximum atomic E-state index is 12.5. The number of thioether (sulfide) groups is 1. The first-order valence-corrected chi connectivity index (χ1v) is 13.5. The molecule has 0 spiro atoms. The van der Waals surface area contributed by atoms with Crippen molar-refractivity contribution in [1.29, 1.82) is 0 Å². The van der Waals surface area contributed by atoms with Gasteiger partial charge in [0.15, 0.2) is 10.1 Å². The summed E-state index contributed by atoms with van der Waals surface area (Å²) in [5.74, 6) is -0.0877. The minimum absolute atomic E-state index is 0.0379. The van der Waals surface area contributed by atoms with Crippen molar-refractivity contribution in [2.45, 2.75) is 9.24 Å². The fourth-order valence-electron chi connectivity index (χ4n) is 2.70. The number of carbonyl (C=O) groups excluding carboxylic acids is 1. The number of amides is 1. The molecule has 0 aliphatic rings. The van der Waals surface area contributed by atoms with E-state index in [2.05, 4.69) is 31.4 Å². The minimum Gasteiger partial charge on any atom is -0.378 e. The Kier molecular flexibility index (Phi) is 7.43. The van der Waals surface area contributed by atoms with Crippen LogP contribution >= 0.6 is 39.0 Å². The second-order valence-corrected chi connectivity index (χ2v) is 11.3. The summed E-state index contributed by atoms with van der Waals surface area (Å²) in [5.41, 5.74) is 3.72. The molecular weight excluding hydrogens is 546 g/mol. The van der Waals surface area contributed by atoms with Crippen LogP contribution in [0.25, 0.3) is 10.2 Å². The number of hydrogen-bond acceptors (Lipinski definition) is 8. The number of fused-ring (bicyclic) bond motifs is 1. The van der Waals surface area contributed by atoms with Crippen LogP contribution in [0.15, 0.2) is 91.6 Å². The molecule has 0 saturated heterocycles. The Balaban J connectivity index is 1.40. The Hall–Kier alpha value is -2.73. The van der Waals surface area contributed by atoms with E-state index in [1.165, 1.54) is 47.5 Å². The van der Waals surface area contributed by atoms with Crippen molar-refractivity contribution < 1.29 is 17.4 Å². The topological polar surface area (TPSA) is 97.7 Å². The lowest BCUT2D eigenvalue weighted by atomic mass is 10.2. The van der Waals surface area contributed by atoms with E-state index >= 15 is 0 Å². The summed E-state index contributed by atoms with van der Waals surface area (Å²) in [6.07, 6.45) is 1.33. The zero-order chi connectivity index (χ0) is 23.3. The zero-order valence-corrected chi connectivity index (χ0v) is 20.9. The second kappa shape index (κ2) is 10.5. The van der Waals surface area contributed by atoms with Crippen molar-refractivity contribution in [3.8, 4) is 5.75 Å². The van der Waals surface area contributed by atoms with Crippen molar-refractivity contribution >= 4 is 71.5 Å². The maximum Gasteiger partial charge on any atom is 0.339 e. The molecule has 11 heteroatoms. The molecule has 1 amide bonds. The molecule has 1 aromatic heterocycles. The number of hydrazone groups is 1. The first kappa shape index (κ1) is 23.4. The van der Waals surface area contributed by atoms with Gasteiger partial charge in [0.05, 0.1) is 22.2 Å². The number of hydrogen-bond donors (Lipinski definition) is 1. The molecule has 7 nitrogen and oxygen atoms in total. The van der Waals surface area contributed by atoms with Crippen LogP contribution in [-0.4, -0.2) is 31.3 Å². The molecule has 0 fully saturated rings. The standard InChI is InChI=1S/C22H16BrN3O4S3/c23-16-10-11-19(30-33(28,29)17-6-2-1-3-7-17)15(12-16)13-24-26-21(27)14-31-22-25-18-8-4-5-9-20(18)32-22/h1-13H,14H2,(H,26,27)/b24-13-. The second-order valence-electron chi connectivity index (χ2n) is 6.56. The van der Waals surface area contributed by atoms with E-state index in [1.807, 2.05) is 24.3 Å². The van der Waals surface area contributed by atoms with Gasteiger partial charge < -0.3 is 4.18 Å². The average Bonchev–Trinajstić information content (AvgIpc) is 3.23. The van der Waals surface area contributed by atoms with Crippen LogP contribution in [0.3, 0.4) is 0 Å². The summed E-state index contributed by atoms with van der Waals surface area (Å²) in [6, 6.07) is 20.4. The average molecular weight is 562 g/mol. The molecule has 0 atom stereocenters. The molecule has 33 heavy (non-hydrogen) atoms. The largest absolute Gasteiger partial charge is 0.378 e. The van der Waals surface area contributed by atoms with E-state index in [9.17, 15) is 13.2 Å². The molecule has 3 aromatic carbocycles. The predicted molar refractivity (Wildman–Crippen MR) is 134 cm³/mol. The Morgan fingerprint density at radius 2 is 1.88 bits per heavy atom. The molecule has 4 rings (SSSR count). The number of nitrogens with zero attached hydrogens (tertiary/aromatic N) is 2. The van der Waals surface area contributed by atoms with Crippen LogP contribution < -0.4 is 9.61 Å². The van der Waals surface area contributed by atoms with Gasteiger partial charge in [0.25, 0.3) is 5.91 Å². The quantitative estimate of drug-likeness (QED) is 0.139. The highest BCUT2D eigenvalue weighted by atomic mass is 79.9. The van der Waals surface area contributed by atoms with Gasteiger partial charge in [-0.05, 0) is 42.5 Å². The molecule has 0 unspecified atom stereocenters. The molecule has 4 aromatic rings. The van der Waals surface area contributed by atoms with Crippen LogP contribution in [0, 0.1) is 0 Å². The highest BCUT2D eigenvalue weighted by molar-refractivity contribution is 9.10. The van der Waals surface area contributed by atoms with E-state index in [4.69, 9.17) is 4.18 Å². The third-order valence-electron chi connectivity index (χ3n) is 4.20. The van der Waals surface area contributed by atoms with Gasteiger partial charge >= 0.3 is 10.1 Å². The number of aromatic nitrogens is 1. The van der Waals surface area contributed by atoms with Gasteiger partial charge in [-0.25, -0.2) is 10.4 Å². The molecule has 0 saturated carbocycles. The monoisotopic (exact) mass is 561 g/mol. The highest BCUT2D eigenvalue weighted by Crippen LogP contribution is 2.29. The fourth-order valence-corrected chi connectivity index (χ4v) is 5.91. The number of benzene rings is 3. The third kappa shape index (κ3) is 6.20. The van der Waals surface area contributed by atoms with E-state index in [1.54, 1.807) is 30.3 Å². The Bertz CT molecular complexity index is 1390. The van der Waals surface area contributed by atoms with Crippen LogP contribution in [0.4, 0.5) is 0 Å². The number of halogens is 1. The molecule has 0 aliphatic carbocycles. The lowest BCUT2D eigenvalue weighted by molar-refractivity contribution is -0.118. The van der Waals surface area contributed by atoms with Crippen LogP contribution in [0.5, 0.6) is 5.75 Å². The Morgan fingerprint density at radius 1 is 1.12 bits per heavy atom. The molecule has 168 valence electrons. The Morgan fingerprint density at radius 3 is 2.67 bits per heavy atom. The number of thiazole rings is 1. The van der Waals surface area contributed by atoms with Gasteiger partial charge in [-0.1, -0.05) is 58.0 Å².